The Hall–Kier alpha value is -6.38. The summed E-state index contributed by atoms with van der Waals surface area (Å²) in [6.45, 7) is 9.30. The Morgan fingerprint density at radius 2 is 0.869 bits per heavy atom. The van der Waals surface area contributed by atoms with Crippen LogP contribution in [-0.2, 0) is 5.41 Å². The van der Waals surface area contributed by atoms with E-state index in [1.165, 1.54) is 149 Å². The highest BCUT2D eigenvalue weighted by Crippen LogP contribution is 2.52. The van der Waals surface area contributed by atoms with Gasteiger partial charge in [-0.05, 0) is 180 Å². The van der Waals surface area contributed by atoms with Crippen LogP contribution in [-0.4, -0.2) is 26.2 Å². The predicted molar refractivity (Wildman–Crippen MR) is 262 cm³/mol. The standard InChI is InChI=1S/C59H52N2/c1-59(2)55-19-8-7-17-49(55)50-27-24-44(36-56(50)59)58-52-29-26-45(60-30-9-3-10-31-60)37-53(52)57(51-28-25-46(38-54(51)58)61-32-11-4-12-33-61)43-23-21-40-34-42(22-20-41(40)35-43)48-18-13-15-39-14-5-6-16-47(39)48/h5-8,13-29,34-38H,3-4,9-12,30-33H2,1-2H3. The summed E-state index contributed by atoms with van der Waals surface area (Å²) < 4.78 is 0. The minimum atomic E-state index is -0.0769. The van der Waals surface area contributed by atoms with Crippen LogP contribution < -0.4 is 9.80 Å². The summed E-state index contributed by atoms with van der Waals surface area (Å²) in [4.78, 5) is 5.25. The molecule has 0 atom stereocenters. The molecule has 1 aliphatic carbocycles. The number of nitrogens with zero attached hydrogens (tertiary/aromatic N) is 2. The first-order valence-electron chi connectivity index (χ1n) is 22.8. The second kappa shape index (κ2) is 14.4. The van der Waals surface area contributed by atoms with Gasteiger partial charge in [0.05, 0.1) is 0 Å². The van der Waals surface area contributed by atoms with E-state index < -0.39 is 0 Å². The van der Waals surface area contributed by atoms with Gasteiger partial charge in [-0.25, -0.2) is 0 Å². The quantitative estimate of drug-likeness (QED) is 0.160. The SMILES string of the molecule is CC1(C)c2ccccc2-c2ccc(-c3c4ccc(N5CCCCC5)cc4c(-c4ccc5cc(-c6cccc7ccccc67)ccc5c4)c4ccc(N5CCCCC5)cc34)cc21. The molecule has 2 saturated heterocycles. The van der Waals surface area contributed by atoms with Crippen molar-refractivity contribution in [3.63, 3.8) is 0 Å². The zero-order valence-corrected chi connectivity index (χ0v) is 35.5. The molecule has 3 aliphatic rings. The van der Waals surface area contributed by atoms with Crippen molar-refractivity contribution in [3.05, 3.63) is 169 Å². The molecule has 2 heterocycles. The van der Waals surface area contributed by atoms with E-state index in [0.717, 1.165) is 26.2 Å². The maximum atomic E-state index is 2.63. The van der Waals surface area contributed by atoms with E-state index in [2.05, 4.69) is 181 Å². The van der Waals surface area contributed by atoms with Crippen LogP contribution in [0, 0.1) is 0 Å². The smallest absolute Gasteiger partial charge is 0.0372 e. The summed E-state index contributed by atoms with van der Waals surface area (Å²) in [5.41, 5.74) is 16.0. The molecule has 0 radical (unpaired) electrons. The van der Waals surface area contributed by atoms with E-state index in [1.54, 1.807) is 0 Å². The predicted octanol–water partition coefficient (Wildman–Crippen LogP) is 15.6. The number of hydrogen-bond acceptors (Lipinski definition) is 2. The number of rotatable bonds is 5. The van der Waals surface area contributed by atoms with Crippen LogP contribution in [0.25, 0.3) is 87.6 Å². The summed E-state index contributed by atoms with van der Waals surface area (Å²) in [5, 5.41) is 10.4. The number of anilines is 2. The zero-order chi connectivity index (χ0) is 40.7. The first kappa shape index (κ1) is 36.5. The van der Waals surface area contributed by atoms with Crippen LogP contribution in [0.15, 0.2) is 158 Å². The Kier molecular flexibility index (Phi) is 8.60. The lowest BCUT2D eigenvalue weighted by molar-refractivity contribution is 0.578. The number of hydrogen-bond donors (Lipinski definition) is 0. The molecule has 0 N–H and O–H groups in total. The molecule has 2 heteroatoms. The van der Waals surface area contributed by atoms with Crippen molar-refractivity contribution in [2.45, 2.75) is 57.8 Å². The lowest BCUT2D eigenvalue weighted by atomic mass is 9.80. The third-order valence-electron chi connectivity index (χ3n) is 14.6. The molecule has 2 fully saturated rings. The van der Waals surface area contributed by atoms with E-state index >= 15 is 0 Å². The molecule has 2 nitrogen and oxygen atoms in total. The molecule has 61 heavy (non-hydrogen) atoms. The van der Waals surface area contributed by atoms with Crippen molar-refractivity contribution in [2.24, 2.45) is 0 Å². The molecular formula is C59H52N2. The molecule has 0 amide bonds. The summed E-state index contributed by atoms with van der Waals surface area (Å²) in [6.07, 6.45) is 7.67. The minimum Gasteiger partial charge on any atom is -0.372 e. The highest BCUT2D eigenvalue weighted by Gasteiger charge is 2.35. The second-order valence-corrected chi connectivity index (χ2v) is 18.5. The van der Waals surface area contributed by atoms with Gasteiger partial charge in [-0.1, -0.05) is 129 Å². The van der Waals surface area contributed by atoms with Crippen molar-refractivity contribution >= 4 is 54.5 Å². The molecule has 9 aromatic carbocycles. The van der Waals surface area contributed by atoms with Crippen molar-refractivity contribution in [3.8, 4) is 44.5 Å². The second-order valence-electron chi connectivity index (χ2n) is 18.5. The summed E-state index contributed by atoms with van der Waals surface area (Å²) in [7, 11) is 0. The first-order chi connectivity index (χ1) is 30.0. The number of piperidine rings is 2. The normalized spacial score (nSPS) is 16.1. The third kappa shape index (κ3) is 5.98. The summed E-state index contributed by atoms with van der Waals surface area (Å²) in [5.74, 6) is 0. The van der Waals surface area contributed by atoms with Gasteiger partial charge in [0.25, 0.3) is 0 Å². The monoisotopic (exact) mass is 788 g/mol. The van der Waals surface area contributed by atoms with E-state index in [9.17, 15) is 0 Å². The van der Waals surface area contributed by atoms with Gasteiger partial charge in [-0.2, -0.15) is 0 Å². The van der Waals surface area contributed by atoms with Crippen LogP contribution in [0.2, 0.25) is 0 Å². The fourth-order valence-electron chi connectivity index (χ4n) is 11.4. The lowest BCUT2D eigenvalue weighted by Crippen LogP contribution is -2.29. The maximum Gasteiger partial charge on any atom is 0.0372 e. The summed E-state index contributed by atoms with van der Waals surface area (Å²) in [6, 6.07) is 60.9. The molecule has 12 rings (SSSR count). The molecule has 0 aromatic heterocycles. The Bertz CT molecular complexity index is 3190. The number of benzene rings is 9. The highest BCUT2D eigenvalue weighted by molar-refractivity contribution is 6.23. The van der Waals surface area contributed by atoms with Gasteiger partial charge in [0, 0.05) is 43.0 Å². The topological polar surface area (TPSA) is 6.48 Å². The molecule has 298 valence electrons. The van der Waals surface area contributed by atoms with E-state index in [-0.39, 0.29) is 5.41 Å². The largest absolute Gasteiger partial charge is 0.372 e. The zero-order valence-electron chi connectivity index (χ0n) is 35.5. The fourth-order valence-corrected chi connectivity index (χ4v) is 11.4. The van der Waals surface area contributed by atoms with E-state index in [1.807, 2.05) is 0 Å². The Morgan fingerprint density at radius 1 is 0.344 bits per heavy atom. The molecule has 0 unspecified atom stereocenters. The average molecular weight is 789 g/mol. The average Bonchev–Trinajstić information content (AvgIpc) is 3.55. The highest BCUT2D eigenvalue weighted by atomic mass is 15.1. The van der Waals surface area contributed by atoms with Gasteiger partial charge in [0.15, 0.2) is 0 Å². The van der Waals surface area contributed by atoms with Crippen molar-refractivity contribution in [1.29, 1.82) is 0 Å². The molecular weight excluding hydrogens is 737 g/mol. The first-order valence-corrected chi connectivity index (χ1v) is 22.8. The molecule has 0 saturated carbocycles. The van der Waals surface area contributed by atoms with Crippen molar-refractivity contribution in [1.82, 2.24) is 0 Å². The van der Waals surface area contributed by atoms with Gasteiger partial charge in [-0.3, -0.25) is 0 Å². The fraction of sp³-hybridized carbons (Fsp3) is 0.220. The maximum absolute atomic E-state index is 2.63. The lowest BCUT2D eigenvalue weighted by Gasteiger charge is -2.30. The van der Waals surface area contributed by atoms with Gasteiger partial charge < -0.3 is 9.80 Å². The number of fused-ring (bicyclic) bond motifs is 7. The van der Waals surface area contributed by atoms with Crippen LogP contribution in [0.4, 0.5) is 11.4 Å². The third-order valence-corrected chi connectivity index (χ3v) is 14.6. The molecule has 0 spiro atoms. The Balaban J connectivity index is 1.10. The Labute approximate surface area is 360 Å². The van der Waals surface area contributed by atoms with Crippen molar-refractivity contribution in [2.75, 3.05) is 36.0 Å². The van der Waals surface area contributed by atoms with Crippen LogP contribution in [0.1, 0.15) is 63.5 Å². The molecule has 9 aromatic rings. The van der Waals surface area contributed by atoms with Crippen LogP contribution in [0.5, 0.6) is 0 Å². The minimum absolute atomic E-state index is 0.0769. The van der Waals surface area contributed by atoms with E-state index in [4.69, 9.17) is 0 Å². The molecule has 0 bridgehead atoms. The molecule has 2 aliphatic heterocycles. The Morgan fingerprint density at radius 3 is 1.56 bits per heavy atom. The van der Waals surface area contributed by atoms with E-state index in [0.29, 0.717) is 0 Å². The van der Waals surface area contributed by atoms with Gasteiger partial charge in [0.2, 0.25) is 0 Å². The van der Waals surface area contributed by atoms with Gasteiger partial charge in [-0.15, -0.1) is 0 Å². The van der Waals surface area contributed by atoms with Crippen LogP contribution in [0.3, 0.4) is 0 Å². The summed E-state index contributed by atoms with van der Waals surface area (Å²) >= 11 is 0. The van der Waals surface area contributed by atoms with Crippen molar-refractivity contribution < 1.29 is 0 Å². The van der Waals surface area contributed by atoms with Gasteiger partial charge in [0.1, 0.15) is 0 Å². The van der Waals surface area contributed by atoms with Crippen LogP contribution >= 0.6 is 0 Å². The van der Waals surface area contributed by atoms with Gasteiger partial charge >= 0.3 is 0 Å².